The van der Waals surface area contributed by atoms with Crippen molar-refractivity contribution in [3.63, 3.8) is 0 Å². The molecule has 0 saturated heterocycles. The molecule has 1 aliphatic rings. The van der Waals surface area contributed by atoms with Gasteiger partial charge in [0, 0.05) is 46.7 Å². The van der Waals surface area contributed by atoms with Crippen molar-refractivity contribution in [1.29, 1.82) is 0 Å². The maximum atomic E-state index is 13.9. The third-order valence-corrected chi connectivity index (χ3v) is 7.57. The molecule has 3 aromatic carbocycles. The van der Waals surface area contributed by atoms with Crippen LogP contribution in [0.2, 0.25) is 10.0 Å². The van der Waals surface area contributed by atoms with Gasteiger partial charge in [-0.3, -0.25) is 9.59 Å². The summed E-state index contributed by atoms with van der Waals surface area (Å²) in [6.07, 6.45) is -8.75. The van der Waals surface area contributed by atoms with Crippen molar-refractivity contribution in [2.45, 2.75) is 38.3 Å². The van der Waals surface area contributed by atoms with E-state index in [1.807, 2.05) is 6.07 Å². The normalized spacial score (nSPS) is 13.5. The van der Waals surface area contributed by atoms with Crippen LogP contribution in [-0.4, -0.2) is 22.4 Å². The molecule has 0 saturated carbocycles. The van der Waals surface area contributed by atoms with Gasteiger partial charge >= 0.3 is 12.4 Å². The highest BCUT2D eigenvalue weighted by atomic mass is 35.5. The fourth-order valence-corrected chi connectivity index (χ4v) is 5.75. The number of alkyl halides is 6. The van der Waals surface area contributed by atoms with E-state index in [9.17, 15) is 35.9 Å². The lowest BCUT2D eigenvalue weighted by atomic mass is 9.91. The summed E-state index contributed by atoms with van der Waals surface area (Å²) in [5.41, 5.74) is -2.27. The Bertz CT molecular complexity index is 1730. The first-order valence-electron chi connectivity index (χ1n) is 12.3. The molecule has 0 bridgehead atoms. The molecule has 0 fully saturated rings. The predicted molar refractivity (Wildman–Crippen MR) is 144 cm³/mol. The molecule has 41 heavy (non-hydrogen) atoms. The largest absolute Gasteiger partial charge is 0.416 e. The molecule has 0 aliphatic carbocycles. The zero-order chi connectivity index (χ0) is 29.9. The molecule has 1 aliphatic heterocycles. The maximum Gasteiger partial charge on any atom is 0.416 e. The summed E-state index contributed by atoms with van der Waals surface area (Å²) < 4.78 is 82.0. The molecular formula is C29H20Cl2F6N2O2. The van der Waals surface area contributed by atoms with E-state index >= 15 is 0 Å². The third kappa shape index (κ3) is 5.42. The van der Waals surface area contributed by atoms with Crippen molar-refractivity contribution in [3.8, 4) is 11.1 Å². The first kappa shape index (κ1) is 29.0. The number of carbonyl (C=O) groups is 1. The lowest BCUT2D eigenvalue weighted by molar-refractivity contribution is -0.143. The summed E-state index contributed by atoms with van der Waals surface area (Å²) in [6, 6.07) is 11.1. The van der Waals surface area contributed by atoms with Crippen molar-refractivity contribution in [1.82, 2.24) is 9.47 Å². The predicted octanol–water partition coefficient (Wildman–Crippen LogP) is 8.23. The number of aryl methyl sites for hydroxylation is 2. The third-order valence-electron chi connectivity index (χ3n) is 7.02. The molecule has 5 rings (SSSR count). The minimum atomic E-state index is -5.05. The second kappa shape index (κ2) is 10.4. The number of hydrogen-bond donors (Lipinski definition) is 0. The topological polar surface area (TPSA) is 42.3 Å². The first-order chi connectivity index (χ1) is 19.2. The number of aromatic nitrogens is 1. The van der Waals surface area contributed by atoms with E-state index in [2.05, 4.69) is 0 Å². The van der Waals surface area contributed by atoms with Gasteiger partial charge in [0.25, 0.3) is 11.5 Å². The van der Waals surface area contributed by atoms with E-state index in [1.165, 1.54) is 23.7 Å². The van der Waals surface area contributed by atoms with Gasteiger partial charge in [-0.1, -0.05) is 47.5 Å². The lowest BCUT2D eigenvalue weighted by Crippen LogP contribution is -2.36. The van der Waals surface area contributed by atoms with Gasteiger partial charge in [-0.15, -0.1) is 0 Å². The zero-order valence-corrected chi connectivity index (χ0v) is 22.8. The number of amides is 1. The molecular weight excluding hydrogens is 593 g/mol. The van der Waals surface area contributed by atoms with Gasteiger partial charge < -0.3 is 9.47 Å². The molecule has 1 amide bonds. The summed E-state index contributed by atoms with van der Waals surface area (Å²) in [6.45, 7) is -0.301. The van der Waals surface area contributed by atoms with Crippen LogP contribution in [0.4, 0.5) is 26.3 Å². The average molecular weight is 613 g/mol. The van der Waals surface area contributed by atoms with Gasteiger partial charge in [-0.2, -0.15) is 26.3 Å². The molecule has 2 heterocycles. The zero-order valence-electron chi connectivity index (χ0n) is 21.3. The Morgan fingerprint density at radius 2 is 1.61 bits per heavy atom. The Hall–Kier alpha value is -3.50. The fraction of sp³-hybridized carbons (Fsp3) is 0.241. The highest BCUT2D eigenvalue weighted by Gasteiger charge is 2.37. The van der Waals surface area contributed by atoms with Crippen molar-refractivity contribution >= 4 is 40.0 Å². The number of hydrogen-bond acceptors (Lipinski definition) is 2. The van der Waals surface area contributed by atoms with E-state index in [0.29, 0.717) is 53.0 Å². The van der Waals surface area contributed by atoms with Crippen LogP contribution in [0, 0.1) is 0 Å². The molecule has 1 aromatic heterocycles. The van der Waals surface area contributed by atoms with Gasteiger partial charge in [0.05, 0.1) is 16.6 Å². The van der Waals surface area contributed by atoms with E-state index in [0.717, 1.165) is 10.5 Å². The molecule has 4 aromatic rings. The van der Waals surface area contributed by atoms with E-state index < -0.39 is 47.1 Å². The summed E-state index contributed by atoms with van der Waals surface area (Å²) >= 11 is 12.6. The Morgan fingerprint density at radius 1 is 0.951 bits per heavy atom. The molecule has 0 atom stereocenters. The van der Waals surface area contributed by atoms with Crippen molar-refractivity contribution < 1.29 is 31.1 Å². The van der Waals surface area contributed by atoms with Crippen LogP contribution in [0.15, 0.2) is 59.4 Å². The highest BCUT2D eigenvalue weighted by molar-refractivity contribution is 6.37. The molecule has 4 nitrogen and oxygen atoms in total. The minimum Gasteiger partial charge on any atom is -0.337 e. The van der Waals surface area contributed by atoms with E-state index in [1.54, 1.807) is 18.2 Å². The average Bonchev–Trinajstić information content (AvgIpc) is 2.89. The van der Waals surface area contributed by atoms with Crippen molar-refractivity contribution in [2.24, 2.45) is 0 Å². The quantitative estimate of drug-likeness (QED) is 0.218. The molecule has 214 valence electrons. The lowest BCUT2D eigenvalue weighted by Gasteiger charge is -2.26. The number of carbonyl (C=O) groups excluding carboxylic acids is 1. The number of halogens is 8. The Morgan fingerprint density at radius 3 is 2.22 bits per heavy atom. The molecule has 0 radical (unpaired) electrons. The second-order valence-corrected chi connectivity index (χ2v) is 10.7. The monoisotopic (exact) mass is 612 g/mol. The van der Waals surface area contributed by atoms with Crippen LogP contribution in [0.25, 0.3) is 22.0 Å². The standard InChI is InChI=1S/C29H20Cl2F6N2O2/c1-38(14-15-10-17(28(32,33)34)12-18(11-15)29(35,36)37)26(40)24-23(20-8-7-19(30)13-22(20)31)21-6-2-4-16-5-3-9-39(25(16)21)27(24)41/h2,4,6-8,10-13H,3,5,9,14H2,1H3. The fourth-order valence-electron chi connectivity index (χ4n) is 5.25. The number of rotatable bonds is 4. The van der Waals surface area contributed by atoms with Gasteiger partial charge in [0.1, 0.15) is 5.56 Å². The minimum absolute atomic E-state index is 0.0179. The highest BCUT2D eigenvalue weighted by Crippen LogP contribution is 2.40. The molecule has 0 N–H and O–H groups in total. The van der Waals surface area contributed by atoms with Gasteiger partial charge in [0.2, 0.25) is 0 Å². The van der Waals surface area contributed by atoms with Gasteiger partial charge in [-0.05, 0) is 54.3 Å². The van der Waals surface area contributed by atoms with Crippen LogP contribution in [0.5, 0.6) is 0 Å². The van der Waals surface area contributed by atoms with E-state index in [4.69, 9.17) is 23.2 Å². The maximum absolute atomic E-state index is 13.9. The first-order valence-corrected chi connectivity index (χ1v) is 13.1. The smallest absolute Gasteiger partial charge is 0.337 e. The van der Waals surface area contributed by atoms with Crippen LogP contribution in [0.1, 0.15) is 39.0 Å². The number of pyridine rings is 1. The Kier molecular flexibility index (Phi) is 7.36. The Balaban J connectivity index is 1.69. The second-order valence-electron chi connectivity index (χ2n) is 9.82. The van der Waals surface area contributed by atoms with Crippen LogP contribution in [-0.2, 0) is 31.9 Å². The summed E-state index contributed by atoms with van der Waals surface area (Å²) in [5.74, 6) is -0.886. The summed E-state index contributed by atoms with van der Waals surface area (Å²) in [5, 5.41) is 1.03. The molecule has 0 unspecified atom stereocenters. The van der Waals surface area contributed by atoms with Crippen molar-refractivity contribution in [2.75, 3.05) is 7.05 Å². The summed E-state index contributed by atoms with van der Waals surface area (Å²) in [4.78, 5) is 28.7. The van der Waals surface area contributed by atoms with Gasteiger partial charge in [0.15, 0.2) is 0 Å². The summed E-state index contributed by atoms with van der Waals surface area (Å²) in [7, 11) is 1.21. The van der Waals surface area contributed by atoms with Crippen LogP contribution < -0.4 is 5.56 Å². The molecule has 12 heteroatoms. The molecule has 0 spiro atoms. The van der Waals surface area contributed by atoms with E-state index in [-0.39, 0.29) is 22.2 Å². The van der Waals surface area contributed by atoms with Crippen molar-refractivity contribution in [3.05, 3.63) is 103 Å². The number of nitrogens with zero attached hydrogens (tertiary/aromatic N) is 2. The van der Waals surface area contributed by atoms with Crippen LogP contribution in [0.3, 0.4) is 0 Å². The number of benzene rings is 3. The Labute approximate surface area is 239 Å². The SMILES string of the molecule is CN(Cc1cc(C(F)(F)F)cc(C(F)(F)F)c1)C(=O)c1c(-c2ccc(Cl)cc2Cl)c2cccc3c2n(c1=O)CCC3. The van der Waals surface area contributed by atoms with Crippen LogP contribution >= 0.6 is 23.2 Å². The van der Waals surface area contributed by atoms with Gasteiger partial charge in [-0.25, -0.2) is 0 Å². The number of para-hydroxylation sites is 1.